The lowest BCUT2D eigenvalue weighted by atomic mass is 10.0. The Hall–Kier alpha value is -3.21. The van der Waals surface area contributed by atoms with Crippen molar-refractivity contribution in [1.29, 1.82) is 0 Å². The molecule has 0 spiro atoms. The molecule has 0 amide bonds. The maximum atomic E-state index is 13.4. The lowest BCUT2D eigenvalue weighted by Gasteiger charge is -2.40. The summed E-state index contributed by atoms with van der Waals surface area (Å²) in [5, 5.41) is 15.7. The molecule has 1 saturated heterocycles. The van der Waals surface area contributed by atoms with Crippen molar-refractivity contribution in [3.05, 3.63) is 87.7 Å². The van der Waals surface area contributed by atoms with Gasteiger partial charge in [0.15, 0.2) is 5.76 Å². The van der Waals surface area contributed by atoms with E-state index >= 15 is 0 Å². The van der Waals surface area contributed by atoms with E-state index in [0.29, 0.717) is 16.5 Å². The summed E-state index contributed by atoms with van der Waals surface area (Å²) in [4.78, 5) is 10.6. The Morgan fingerprint density at radius 1 is 1.03 bits per heavy atom. The van der Waals surface area contributed by atoms with Gasteiger partial charge in [0.2, 0.25) is 16.7 Å². The Balaban J connectivity index is 1.33. The van der Waals surface area contributed by atoms with Crippen molar-refractivity contribution in [3.8, 4) is 17.5 Å². The van der Waals surface area contributed by atoms with E-state index < -0.39 is 0 Å². The first kappa shape index (κ1) is 22.3. The molecular formula is C25H21BrFN5O2S. The van der Waals surface area contributed by atoms with Crippen molar-refractivity contribution in [2.45, 2.75) is 6.04 Å². The first-order chi connectivity index (χ1) is 17.1. The zero-order valence-electron chi connectivity index (χ0n) is 18.5. The summed E-state index contributed by atoms with van der Waals surface area (Å²) in [5.74, 6) is 0.850. The van der Waals surface area contributed by atoms with Crippen molar-refractivity contribution >= 4 is 37.9 Å². The summed E-state index contributed by atoms with van der Waals surface area (Å²) >= 11 is 5.02. The molecule has 1 N–H and O–H groups in total. The molecule has 1 atom stereocenters. The average molecular weight is 554 g/mol. The molecular weight excluding hydrogens is 533 g/mol. The summed E-state index contributed by atoms with van der Waals surface area (Å²) in [6.07, 6.45) is 1.57. The van der Waals surface area contributed by atoms with Gasteiger partial charge in [-0.25, -0.2) is 4.39 Å². The molecule has 3 aromatic heterocycles. The van der Waals surface area contributed by atoms with E-state index in [0.717, 1.165) is 46.8 Å². The maximum absolute atomic E-state index is 13.4. The Bertz CT molecular complexity index is 1460. The second kappa shape index (κ2) is 9.10. The molecule has 0 bridgehead atoms. The number of aromatic nitrogens is 3. The second-order valence-electron chi connectivity index (χ2n) is 8.35. The molecule has 0 aliphatic carbocycles. The Labute approximate surface area is 213 Å². The van der Waals surface area contributed by atoms with E-state index in [1.807, 2.05) is 24.3 Å². The number of furan rings is 1. The molecule has 1 fully saturated rings. The Kier molecular flexibility index (Phi) is 5.79. The smallest absolute Gasteiger partial charge is 0.230 e. The SMILES string of the molecule is Oc1c(C(c2cccc(Br)c2)N2CCN(c3ccc(F)cc3)CC2)sc2nc(-c3ccco3)nn12. The van der Waals surface area contributed by atoms with Gasteiger partial charge in [0.05, 0.1) is 17.2 Å². The molecule has 4 heterocycles. The van der Waals surface area contributed by atoms with Gasteiger partial charge >= 0.3 is 0 Å². The van der Waals surface area contributed by atoms with E-state index in [9.17, 15) is 9.50 Å². The minimum absolute atomic E-state index is 0.0845. The zero-order valence-corrected chi connectivity index (χ0v) is 20.9. The first-order valence-corrected chi connectivity index (χ1v) is 12.8. The molecule has 1 unspecified atom stereocenters. The molecule has 2 aromatic carbocycles. The fraction of sp³-hybridized carbons (Fsp3) is 0.200. The van der Waals surface area contributed by atoms with Gasteiger partial charge in [-0.05, 0) is 54.1 Å². The molecule has 7 nitrogen and oxygen atoms in total. The van der Waals surface area contributed by atoms with Crippen LogP contribution in [-0.2, 0) is 0 Å². The number of hydrogen-bond donors (Lipinski definition) is 1. The van der Waals surface area contributed by atoms with Crippen molar-refractivity contribution in [1.82, 2.24) is 19.5 Å². The van der Waals surface area contributed by atoms with Gasteiger partial charge in [0, 0.05) is 36.3 Å². The third-order valence-electron chi connectivity index (χ3n) is 6.23. The number of aromatic hydroxyl groups is 1. The molecule has 0 saturated carbocycles. The van der Waals surface area contributed by atoms with Crippen LogP contribution in [-0.4, -0.2) is 50.8 Å². The number of hydrogen-bond acceptors (Lipinski definition) is 7. The highest BCUT2D eigenvalue weighted by atomic mass is 79.9. The summed E-state index contributed by atoms with van der Waals surface area (Å²) < 4.78 is 21.2. The van der Waals surface area contributed by atoms with Gasteiger partial charge in [-0.1, -0.05) is 39.4 Å². The zero-order chi connectivity index (χ0) is 23.9. The highest BCUT2D eigenvalue weighted by molar-refractivity contribution is 9.10. The largest absolute Gasteiger partial charge is 0.492 e. The standard InChI is InChI=1S/C25H21BrFN5O2S/c26-17-4-1-3-16(15-17)21(31-12-10-30(11-13-31)19-8-6-18(27)7-9-19)22-24(33)32-25(35-22)28-23(29-32)20-5-2-14-34-20/h1-9,14-15,21,33H,10-13H2. The van der Waals surface area contributed by atoms with Crippen LogP contribution in [0.15, 0.2) is 75.8 Å². The quantitative estimate of drug-likeness (QED) is 0.307. The van der Waals surface area contributed by atoms with Crippen LogP contribution in [0.3, 0.4) is 0 Å². The van der Waals surface area contributed by atoms with Gasteiger partial charge in [-0.15, -0.1) is 5.10 Å². The van der Waals surface area contributed by atoms with E-state index in [2.05, 4.69) is 47.9 Å². The molecule has 5 aromatic rings. The highest BCUT2D eigenvalue weighted by Gasteiger charge is 2.32. The van der Waals surface area contributed by atoms with Gasteiger partial charge in [-0.2, -0.15) is 9.50 Å². The number of nitrogens with zero attached hydrogens (tertiary/aromatic N) is 5. The summed E-state index contributed by atoms with van der Waals surface area (Å²) in [5.41, 5.74) is 2.08. The molecule has 10 heteroatoms. The van der Waals surface area contributed by atoms with Gasteiger partial charge < -0.3 is 14.4 Å². The van der Waals surface area contributed by atoms with Crippen LogP contribution in [0.4, 0.5) is 10.1 Å². The van der Waals surface area contributed by atoms with Crippen molar-refractivity contribution in [2.75, 3.05) is 31.1 Å². The lowest BCUT2D eigenvalue weighted by molar-refractivity contribution is 0.211. The van der Waals surface area contributed by atoms with Crippen LogP contribution < -0.4 is 4.90 Å². The third kappa shape index (κ3) is 4.22. The van der Waals surface area contributed by atoms with Crippen LogP contribution in [0.5, 0.6) is 5.88 Å². The first-order valence-electron chi connectivity index (χ1n) is 11.2. The lowest BCUT2D eigenvalue weighted by Crippen LogP contribution is -2.47. The fourth-order valence-electron chi connectivity index (χ4n) is 4.53. The van der Waals surface area contributed by atoms with E-state index in [-0.39, 0.29) is 17.7 Å². The van der Waals surface area contributed by atoms with Crippen LogP contribution in [0.1, 0.15) is 16.5 Å². The number of halogens is 2. The Morgan fingerprint density at radius 2 is 1.83 bits per heavy atom. The van der Waals surface area contributed by atoms with E-state index in [1.54, 1.807) is 18.4 Å². The van der Waals surface area contributed by atoms with Gasteiger partial charge in [0.1, 0.15) is 5.82 Å². The van der Waals surface area contributed by atoms with Crippen LogP contribution >= 0.6 is 27.3 Å². The number of piperazine rings is 1. The van der Waals surface area contributed by atoms with Crippen molar-refractivity contribution in [2.24, 2.45) is 0 Å². The molecule has 1 aliphatic rings. The predicted molar refractivity (Wildman–Crippen MR) is 136 cm³/mol. The molecule has 1 aliphatic heterocycles. The molecule has 178 valence electrons. The highest BCUT2D eigenvalue weighted by Crippen LogP contribution is 2.41. The fourth-order valence-corrected chi connectivity index (χ4v) is 6.07. The van der Waals surface area contributed by atoms with Gasteiger partial charge in [0.25, 0.3) is 0 Å². The number of rotatable bonds is 5. The minimum atomic E-state index is -0.232. The number of anilines is 1. The number of fused-ring (bicyclic) bond motifs is 1. The molecule has 35 heavy (non-hydrogen) atoms. The van der Waals surface area contributed by atoms with Gasteiger partial charge in [-0.3, -0.25) is 4.90 Å². The van der Waals surface area contributed by atoms with Crippen molar-refractivity contribution in [3.63, 3.8) is 0 Å². The third-order valence-corrected chi connectivity index (χ3v) is 7.79. The Morgan fingerprint density at radius 3 is 2.51 bits per heavy atom. The maximum Gasteiger partial charge on any atom is 0.230 e. The number of benzene rings is 2. The molecule has 0 radical (unpaired) electrons. The van der Waals surface area contributed by atoms with Crippen LogP contribution in [0.2, 0.25) is 0 Å². The van der Waals surface area contributed by atoms with E-state index in [1.165, 1.54) is 28.0 Å². The minimum Gasteiger partial charge on any atom is -0.492 e. The summed E-state index contributed by atoms with van der Waals surface area (Å²) in [7, 11) is 0. The topological polar surface area (TPSA) is 70.0 Å². The predicted octanol–water partition coefficient (Wildman–Crippen LogP) is 5.57. The summed E-state index contributed by atoms with van der Waals surface area (Å²) in [6.45, 7) is 3.14. The van der Waals surface area contributed by atoms with Crippen LogP contribution in [0.25, 0.3) is 16.5 Å². The number of thiazole rings is 1. The average Bonchev–Trinajstić information content (AvgIpc) is 3.60. The monoisotopic (exact) mass is 553 g/mol. The van der Waals surface area contributed by atoms with Crippen LogP contribution in [0, 0.1) is 5.82 Å². The van der Waals surface area contributed by atoms with Crippen molar-refractivity contribution < 1.29 is 13.9 Å². The second-order valence-corrected chi connectivity index (χ2v) is 10.3. The summed E-state index contributed by atoms with van der Waals surface area (Å²) in [6, 6.07) is 18.2. The normalized spacial score (nSPS) is 15.7. The molecule has 6 rings (SSSR count). The van der Waals surface area contributed by atoms with E-state index in [4.69, 9.17) is 4.42 Å².